The Hall–Kier alpha value is -2.41. The molecule has 0 aliphatic carbocycles. The predicted molar refractivity (Wildman–Crippen MR) is 144 cm³/mol. The molecule has 2 aromatic carbocycles. The van der Waals surface area contributed by atoms with Gasteiger partial charge in [-0.2, -0.15) is 0 Å². The van der Waals surface area contributed by atoms with Crippen LogP contribution in [0.3, 0.4) is 0 Å². The Labute approximate surface area is 215 Å². The van der Waals surface area contributed by atoms with E-state index in [9.17, 15) is 9.59 Å². The second-order valence-corrected chi connectivity index (χ2v) is 10.6. The van der Waals surface area contributed by atoms with Crippen LogP contribution in [0.25, 0.3) is 6.08 Å². The zero-order valence-corrected chi connectivity index (χ0v) is 22.2. The third kappa shape index (κ3) is 4.12. The molecule has 0 aromatic heterocycles. The number of hydrogen-bond acceptors (Lipinski definition) is 4. The summed E-state index contributed by atoms with van der Waals surface area (Å²) in [6.45, 7) is 11.8. The number of carbonyl (C=O) groups is 2. The Morgan fingerprint density at radius 1 is 1.21 bits per heavy atom. The standard InChI is InChI=1S/C26H27Cl2N3O2S/c1-6-30-21-10-14(2)16(11-17(21)15(3)13-26(30,4)5)12-18-23(32)29-25(34)31(24(18)33)20-9-7-8-19(27)22(20)28/h7-12,15H,6,13H2,1-5H3,(H,29,32,34)/b18-12+/t15-/m1/s1. The van der Waals surface area contributed by atoms with Gasteiger partial charge in [0.1, 0.15) is 5.57 Å². The summed E-state index contributed by atoms with van der Waals surface area (Å²) in [6, 6.07) is 9.20. The molecule has 5 nitrogen and oxygen atoms in total. The van der Waals surface area contributed by atoms with E-state index in [0.717, 1.165) is 24.1 Å². The molecule has 1 fully saturated rings. The van der Waals surface area contributed by atoms with Crippen LogP contribution >= 0.6 is 35.4 Å². The lowest BCUT2D eigenvalue weighted by Crippen LogP contribution is -2.54. The van der Waals surface area contributed by atoms with Crippen LogP contribution in [-0.2, 0) is 9.59 Å². The van der Waals surface area contributed by atoms with E-state index in [1.165, 1.54) is 16.2 Å². The molecule has 2 aliphatic rings. The van der Waals surface area contributed by atoms with Crippen molar-refractivity contribution in [2.24, 2.45) is 0 Å². The number of fused-ring (bicyclic) bond motifs is 1. The molecule has 2 aliphatic heterocycles. The van der Waals surface area contributed by atoms with E-state index in [1.807, 2.05) is 6.92 Å². The van der Waals surface area contributed by atoms with Crippen LogP contribution in [0.2, 0.25) is 10.0 Å². The highest BCUT2D eigenvalue weighted by atomic mass is 35.5. The number of amides is 2. The summed E-state index contributed by atoms with van der Waals surface area (Å²) in [5, 5.41) is 3.06. The van der Waals surface area contributed by atoms with Crippen LogP contribution in [0.15, 0.2) is 35.9 Å². The molecule has 2 heterocycles. The molecule has 0 radical (unpaired) electrons. The van der Waals surface area contributed by atoms with Crippen molar-refractivity contribution in [2.45, 2.75) is 52.5 Å². The van der Waals surface area contributed by atoms with Crippen molar-refractivity contribution in [3.8, 4) is 0 Å². The van der Waals surface area contributed by atoms with E-state index in [1.54, 1.807) is 24.3 Å². The van der Waals surface area contributed by atoms with Gasteiger partial charge in [-0.1, -0.05) is 36.2 Å². The van der Waals surface area contributed by atoms with Crippen LogP contribution in [0.1, 0.15) is 56.7 Å². The zero-order valence-electron chi connectivity index (χ0n) is 19.8. The zero-order chi connectivity index (χ0) is 24.9. The summed E-state index contributed by atoms with van der Waals surface area (Å²) < 4.78 is 0. The van der Waals surface area contributed by atoms with Crippen LogP contribution in [0.5, 0.6) is 0 Å². The van der Waals surface area contributed by atoms with E-state index in [-0.39, 0.29) is 21.2 Å². The summed E-state index contributed by atoms with van der Waals surface area (Å²) in [4.78, 5) is 29.9. The van der Waals surface area contributed by atoms with E-state index in [4.69, 9.17) is 35.4 Å². The van der Waals surface area contributed by atoms with Crippen molar-refractivity contribution in [1.82, 2.24) is 5.32 Å². The maximum atomic E-state index is 13.5. The molecule has 1 saturated heterocycles. The van der Waals surface area contributed by atoms with Crippen molar-refractivity contribution in [3.63, 3.8) is 0 Å². The third-order valence-corrected chi connectivity index (χ3v) is 7.76. The number of aryl methyl sites for hydroxylation is 1. The molecule has 4 rings (SSSR count). The minimum absolute atomic E-state index is 0.0103. The minimum atomic E-state index is -0.542. The first-order valence-electron chi connectivity index (χ1n) is 11.2. The largest absolute Gasteiger partial charge is 0.366 e. The lowest BCUT2D eigenvalue weighted by molar-refractivity contribution is -0.122. The average molecular weight is 516 g/mol. The Morgan fingerprint density at radius 3 is 2.59 bits per heavy atom. The van der Waals surface area contributed by atoms with Gasteiger partial charge in [-0.15, -0.1) is 0 Å². The first kappa shape index (κ1) is 24.7. The fraction of sp³-hybridized carbons (Fsp3) is 0.346. The number of nitrogens with zero attached hydrogens (tertiary/aromatic N) is 2. The van der Waals surface area contributed by atoms with Crippen LogP contribution in [-0.4, -0.2) is 29.0 Å². The third-order valence-electron chi connectivity index (χ3n) is 6.66. The van der Waals surface area contributed by atoms with Crippen LogP contribution in [0.4, 0.5) is 11.4 Å². The summed E-state index contributed by atoms with van der Waals surface area (Å²) >= 11 is 17.8. The molecular formula is C26H27Cl2N3O2S. The number of thiocarbonyl (C=S) groups is 1. The van der Waals surface area contributed by atoms with E-state index in [2.05, 4.69) is 50.0 Å². The Kier molecular flexibility index (Phi) is 6.53. The molecule has 0 saturated carbocycles. The van der Waals surface area contributed by atoms with Gasteiger partial charge in [0.25, 0.3) is 11.8 Å². The summed E-state index contributed by atoms with van der Waals surface area (Å²) in [5.74, 6) is -0.735. The van der Waals surface area contributed by atoms with Gasteiger partial charge in [-0.05, 0) is 99.3 Å². The average Bonchev–Trinajstić information content (AvgIpc) is 2.74. The predicted octanol–water partition coefficient (Wildman–Crippen LogP) is 6.25. The maximum absolute atomic E-state index is 13.5. The Morgan fingerprint density at radius 2 is 1.91 bits per heavy atom. The molecule has 1 N–H and O–H groups in total. The van der Waals surface area contributed by atoms with E-state index in [0.29, 0.717) is 16.6 Å². The van der Waals surface area contributed by atoms with Crippen molar-refractivity contribution in [2.75, 3.05) is 16.3 Å². The molecule has 0 bridgehead atoms. The Bertz CT molecular complexity index is 1250. The maximum Gasteiger partial charge on any atom is 0.270 e. The van der Waals surface area contributed by atoms with Crippen molar-refractivity contribution < 1.29 is 9.59 Å². The summed E-state index contributed by atoms with van der Waals surface area (Å²) in [7, 11) is 0. The highest BCUT2D eigenvalue weighted by molar-refractivity contribution is 7.80. The summed E-state index contributed by atoms with van der Waals surface area (Å²) in [5.41, 5.74) is 4.60. The number of halogens is 2. The molecule has 0 unspecified atom stereocenters. The highest BCUT2D eigenvalue weighted by Crippen LogP contribution is 2.44. The van der Waals surface area contributed by atoms with Crippen molar-refractivity contribution >= 4 is 69.8 Å². The molecule has 2 amide bonds. The van der Waals surface area contributed by atoms with Gasteiger partial charge in [-0.3, -0.25) is 19.8 Å². The molecular weight excluding hydrogens is 489 g/mol. The van der Waals surface area contributed by atoms with Gasteiger partial charge < -0.3 is 4.90 Å². The fourth-order valence-electron chi connectivity index (χ4n) is 5.10. The molecule has 178 valence electrons. The first-order valence-corrected chi connectivity index (χ1v) is 12.4. The van der Waals surface area contributed by atoms with Gasteiger partial charge >= 0.3 is 0 Å². The van der Waals surface area contributed by atoms with Crippen molar-refractivity contribution in [3.05, 3.63) is 62.6 Å². The SMILES string of the molecule is CCN1c2cc(C)c(/C=C3\C(=O)NC(=S)N(c4cccc(Cl)c4Cl)C3=O)cc2[C@H](C)CC1(C)C. The number of benzene rings is 2. The minimum Gasteiger partial charge on any atom is -0.366 e. The second kappa shape index (κ2) is 8.99. The quantitative estimate of drug-likeness (QED) is 0.298. The fourth-order valence-corrected chi connectivity index (χ4v) is 5.76. The monoisotopic (exact) mass is 515 g/mol. The van der Waals surface area contributed by atoms with Crippen LogP contribution < -0.4 is 15.1 Å². The second-order valence-electron chi connectivity index (χ2n) is 9.46. The first-order chi connectivity index (χ1) is 16.0. The summed E-state index contributed by atoms with van der Waals surface area (Å²) in [6.07, 6.45) is 2.66. The number of anilines is 2. The molecule has 34 heavy (non-hydrogen) atoms. The van der Waals surface area contributed by atoms with Gasteiger partial charge in [0.2, 0.25) is 0 Å². The van der Waals surface area contributed by atoms with E-state index >= 15 is 0 Å². The lowest BCUT2D eigenvalue weighted by atomic mass is 9.79. The topological polar surface area (TPSA) is 52.7 Å². The van der Waals surface area contributed by atoms with E-state index < -0.39 is 11.8 Å². The molecule has 2 aromatic rings. The Balaban J connectivity index is 1.80. The molecule has 1 atom stereocenters. The number of nitrogens with one attached hydrogen (secondary N) is 1. The number of rotatable bonds is 3. The normalized spacial score (nSPS) is 21.1. The van der Waals surface area contributed by atoms with Crippen molar-refractivity contribution in [1.29, 1.82) is 0 Å². The van der Waals surface area contributed by atoms with Gasteiger partial charge in [0.15, 0.2) is 5.11 Å². The molecule has 8 heteroatoms. The lowest BCUT2D eigenvalue weighted by Gasteiger charge is -2.47. The molecule has 0 spiro atoms. The number of hydrogen-bond donors (Lipinski definition) is 1. The van der Waals surface area contributed by atoms with Gasteiger partial charge in [0.05, 0.1) is 15.7 Å². The van der Waals surface area contributed by atoms with Gasteiger partial charge in [-0.25, -0.2) is 0 Å². The number of carbonyl (C=O) groups excluding carboxylic acids is 2. The van der Waals surface area contributed by atoms with Gasteiger partial charge in [0, 0.05) is 17.8 Å². The smallest absolute Gasteiger partial charge is 0.270 e. The highest BCUT2D eigenvalue weighted by Gasteiger charge is 2.37. The van der Waals surface area contributed by atoms with Crippen LogP contribution in [0, 0.1) is 6.92 Å².